The zero-order valence-electron chi connectivity index (χ0n) is 12.5. The van der Waals surface area contributed by atoms with Crippen LogP contribution in [-0.4, -0.2) is 9.97 Å². The predicted octanol–water partition coefficient (Wildman–Crippen LogP) is 4.43. The van der Waals surface area contributed by atoms with Gasteiger partial charge in [0.1, 0.15) is 5.76 Å². The van der Waals surface area contributed by atoms with Crippen LogP contribution in [0.1, 0.15) is 5.76 Å². The molecule has 2 N–H and O–H groups in total. The van der Waals surface area contributed by atoms with Gasteiger partial charge in [-0.3, -0.25) is 4.79 Å². The minimum absolute atomic E-state index is 0. The lowest BCUT2D eigenvalue weighted by Crippen LogP contribution is -2.08. The molecule has 0 aliphatic heterocycles. The van der Waals surface area contributed by atoms with E-state index in [4.69, 9.17) is 4.42 Å². The fourth-order valence-electron chi connectivity index (χ4n) is 2.39. The Labute approximate surface area is 152 Å². The maximum Gasteiger partial charge on any atom is 0.257 e. The summed E-state index contributed by atoms with van der Waals surface area (Å²) in [7, 11) is 0. The predicted molar refractivity (Wildman–Crippen MR) is 102 cm³/mol. The van der Waals surface area contributed by atoms with Crippen molar-refractivity contribution < 1.29 is 4.42 Å². The molecule has 24 heavy (non-hydrogen) atoms. The molecule has 0 saturated heterocycles. The molecule has 0 atom stereocenters. The number of halogens is 1. The van der Waals surface area contributed by atoms with Crippen molar-refractivity contribution in [2.75, 3.05) is 5.32 Å². The molecule has 0 radical (unpaired) electrons. The van der Waals surface area contributed by atoms with Crippen LogP contribution in [0.15, 0.2) is 63.3 Å². The Bertz CT molecular complexity index is 1010. The number of hydrogen-bond donors (Lipinski definition) is 2. The van der Waals surface area contributed by atoms with Crippen LogP contribution in [0, 0.1) is 0 Å². The third-order valence-corrected chi connectivity index (χ3v) is 4.33. The van der Waals surface area contributed by atoms with Gasteiger partial charge in [0.15, 0.2) is 5.13 Å². The Balaban J connectivity index is 0.00000169. The monoisotopic (exact) mass is 403 g/mol. The molecule has 4 aromatic rings. The summed E-state index contributed by atoms with van der Waals surface area (Å²) in [5.41, 5.74) is 1.94. The first-order valence-corrected chi connectivity index (χ1v) is 8.02. The SMILES string of the molecule is Br.O=c1[nH]c2ccccc2cc1-c1csc(NCc2ccco2)n1. The summed E-state index contributed by atoms with van der Waals surface area (Å²) in [4.78, 5) is 19.6. The molecule has 122 valence electrons. The fraction of sp³-hybridized carbons (Fsp3) is 0.0588. The standard InChI is InChI=1S/C17H13N3O2S.BrH/c21-16-13(8-11-4-1-2-6-14(11)19-16)15-10-23-17(20-15)18-9-12-5-3-7-22-12;/h1-8,10H,9H2,(H,18,20)(H,19,21);1H. The van der Waals surface area contributed by atoms with Gasteiger partial charge in [0.25, 0.3) is 5.56 Å². The fourth-order valence-corrected chi connectivity index (χ4v) is 3.10. The number of furan rings is 1. The second kappa shape index (κ2) is 7.02. The Morgan fingerprint density at radius 2 is 2.08 bits per heavy atom. The first-order chi connectivity index (χ1) is 11.3. The molecule has 0 unspecified atom stereocenters. The van der Waals surface area contributed by atoms with Gasteiger partial charge in [-0.05, 0) is 29.7 Å². The molecule has 4 rings (SSSR count). The zero-order valence-corrected chi connectivity index (χ0v) is 15.0. The van der Waals surface area contributed by atoms with Crippen molar-refractivity contribution in [1.82, 2.24) is 9.97 Å². The van der Waals surface area contributed by atoms with Crippen LogP contribution in [0.25, 0.3) is 22.2 Å². The highest BCUT2D eigenvalue weighted by Crippen LogP contribution is 2.24. The Morgan fingerprint density at radius 3 is 2.92 bits per heavy atom. The van der Waals surface area contributed by atoms with Gasteiger partial charge in [-0.15, -0.1) is 28.3 Å². The number of pyridine rings is 1. The van der Waals surface area contributed by atoms with Crippen molar-refractivity contribution in [2.24, 2.45) is 0 Å². The first-order valence-electron chi connectivity index (χ1n) is 7.14. The number of nitrogens with zero attached hydrogens (tertiary/aromatic N) is 1. The van der Waals surface area contributed by atoms with Gasteiger partial charge >= 0.3 is 0 Å². The third kappa shape index (κ3) is 3.27. The summed E-state index contributed by atoms with van der Waals surface area (Å²) in [6.45, 7) is 0.564. The summed E-state index contributed by atoms with van der Waals surface area (Å²) < 4.78 is 5.27. The third-order valence-electron chi connectivity index (χ3n) is 3.53. The second-order valence-electron chi connectivity index (χ2n) is 5.07. The highest BCUT2D eigenvalue weighted by Gasteiger charge is 2.10. The number of H-pyrrole nitrogens is 1. The molecule has 7 heteroatoms. The van der Waals surface area contributed by atoms with Crippen molar-refractivity contribution >= 4 is 44.4 Å². The zero-order chi connectivity index (χ0) is 15.6. The summed E-state index contributed by atoms with van der Waals surface area (Å²) in [5.74, 6) is 0.838. The van der Waals surface area contributed by atoms with Crippen LogP contribution in [-0.2, 0) is 6.54 Å². The van der Waals surface area contributed by atoms with E-state index in [9.17, 15) is 4.79 Å². The van der Waals surface area contributed by atoms with Gasteiger partial charge in [0.2, 0.25) is 0 Å². The molecule has 0 spiro atoms. The van der Waals surface area contributed by atoms with Crippen molar-refractivity contribution in [3.63, 3.8) is 0 Å². The Kier molecular flexibility index (Phi) is 4.82. The van der Waals surface area contributed by atoms with Crippen LogP contribution in [0.5, 0.6) is 0 Å². The van der Waals surface area contributed by atoms with Crippen molar-refractivity contribution in [1.29, 1.82) is 0 Å². The molecular formula is C17H14BrN3O2S. The van der Waals surface area contributed by atoms with E-state index in [1.54, 1.807) is 6.26 Å². The van der Waals surface area contributed by atoms with E-state index in [0.717, 1.165) is 21.8 Å². The van der Waals surface area contributed by atoms with E-state index in [0.29, 0.717) is 17.8 Å². The molecule has 0 aliphatic carbocycles. The molecule has 0 aliphatic rings. The van der Waals surface area contributed by atoms with Gasteiger partial charge in [0.05, 0.1) is 24.1 Å². The lowest BCUT2D eigenvalue weighted by atomic mass is 10.1. The largest absolute Gasteiger partial charge is 0.467 e. The molecule has 0 saturated carbocycles. The summed E-state index contributed by atoms with van der Waals surface area (Å²) in [6.07, 6.45) is 1.64. The van der Waals surface area contributed by atoms with E-state index >= 15 is 0 Å². The first kappa shape index (κ1) is 16.5. The van der Waals surface area contributed by atoms with Crippen LogP contribution < -0.4 is 10.9 Å². The Morgan fingerprint density at radius 1 is 1.21 bits per heavy atom. The molecule has 0 fully saturated rings. The number of nitrogens with one attached hydrogen (secondary N) is 2. The number of fused-ring (bicyclic) bond motifs is 1. The van der Waals surface area contributed by atoms with Crippen LogP contribution in [0.3, 0.4) is 0 Å². The molecule has 3 aromatic heterocycles. The molecule has 3 heterocycles. The molecule has 0 bridgehead atoms. The van der Waals surface area contributed by atoms with E-state index in [-0.39, 0.29) is 22.5 Å². The molecule has 5 nitrogen and oxygen atoms in total. The van der Waals surface area contributed by atoms with Crippen LogP contribution in [0.2, 0.25) is 0 Å². The minimum atomic E-state index is -0.133. The quantitative estimate of drug-likeness (QED) is 0.528. The number of aromatic nitrogens is 2. The number of para-hydroxylation sites is 1. The summed E-state index contributed by atoms with van der Waals surface area (Å²) in [6, 6.07) is 13.3. The van der Waals surface area contributed by atoms with Gasteiger partial charge in [-0.1, -0.05) is 18.2 Å². The number of rotatable bonds is 4. The Hall–Kier alpha value is -2.38. The highest BCUT2D eigenvalue weighted by atomic mass is 79.9. The lowest BCUT2D eigenvalue weighted by molar-refractivity contribution is 0.518. The van der Waals surface area contributed by atoms with Gasteiger partial charge < -0.3 is 14.7 Å². The highest BCUT2D eigenvalue weighted by molar-refractivity contribution is 8.93. The minimum Gasteiger partial charge on any atom is -0.467 e. The topological polar surface area (TPSA) is 70.9 Å². The average Bonchev–Trinajstić information content (AvgIpc) is 3.24. The number of hydrogen-bond acceptors (Lipinski definition) is 5. The van der Waals surface area contributed by atoms with Crippen LogP contribution in [0.4, 0.5) is 5.13 Å². The number of anilines is 1. The van der Waals surface area contributed by atoms with Crippen molar-refractivity contribution in [2.45, 2.75) is 6.54 Å². The number of thiazole rings is 1. The summed E-state index contributed by atoms with van der Waals surface area (Å²) in [5, 5.41) is 6.81. The normalized spacial score (nSPS) is 10.5. The summed E-state index contributed by atoms with van der Waals surface area (Å²) >= 11 is 1.46. The van der Waals surface area contributed by atoms with Crippen molar-refractivity contribution in [3.05, 3.63) is 70.2 Å². The van der Waals surface area contributed by atoms with E-state index in [1.165, 1.54) is 11.3 Å². The lowest BCUT2D eigenvalue weighted by Gasteiger charge is -2.01. The maximum atomic E-state index is 12.3. The molecule has 1 aromatic carbocycles. The smallest absolute Gasteiger partial charge is 0.257 e. The number of benzene rings is 1. The van der Waals surface area contributed by atoms with Gasteiger partial charge in [-0.2, -0.15) is 0 Å². The average molecular weight is 404 g/mol. The second-order valence-corrected chi connectivity index (χ2v) is 5.93. The van der Waals surface area contributed by atoms with E-state index < -0.39 is 0 Å². The molecular weight excluding hydrogens is 390 g/mol. The van der Waals surface area contributed by atoms with Gasteiger partial charge in [-0.25, -0.2) is 4.98 Å². The maximum absolute atomic E-state index is 12.3. The van der Waals surface area contributed by atoms with E-state index in [1.807, 2.05) is 47.8 Å². The number of aromatic amines is 1. The van der Waals surface area contributed by atoms with Crippen molar-refractivity contribution in [3.8, 4) is 11.3 Å². The molecule has 0 amide bonds. The van der Waals surface area contributed by atoms with E-state index in [2.05, 4.69) is 15.3 Å². The van der Waals surface area contributed by atoms with Gasteiger partial charge in [0, 0.05) is 10.9 Å². The van der Waals surface area contributed by atoms with Crippen LogP contribution >= 0.6 is 28.3 Å².